The largest absolute Gasteiger partial charge is 0.449 e. The average molecular weight is 425 g/mol. The van der Waals surface area contributed by atoms with Crippen LogP contribution in [0.15, 0.2) is 18.2 Å². The zero-order valence-corrected chi connectivity index (χ0v) is 18.0. The minimum atomic E-state index is -1.02. The molecule has 2 amide bonds. The monoisotopic (exact) mass is 424 g/mol. The molecule has 2 atom stereocenters. The summed E-state index contributed by atoms with van der Waals surface area (Å²) in [5.41, 5.74) is 0.917. The highest BCUT2D eigenvalue weighted by molar-refractivity contribution is 6.05. The molecule has 0 aromatic heterocycles. The van der Waals surface area contributed by atoms with Crippen LogP contribution in [0.3, 0.4) is 0 Å². The van der Waals surface area contributed by atoms with Gasteiger partial charge in [0, 0.05) is 13.6 Å². The Morgan fingerprint density at radius 3 is 2.74 bits per heavy atom. The van der Waals surface area contributed by atoms with Crippen molar-refractivity contribution in [3.63, 3.8) is 0 Å². The number of carbonyl (C=O) groups is 3. The molecule has 0 radical (unpaired) electrons. The second-order valence-electron chi connectivity index (χ2n) is 8.72. The van der Waals surface area contributed by atoms with E-state index in [1.54, 1.807) is 19.2 Å². The van der Waals surface area contributed by atoms with E-state index in [4.69, 9.17) is 4.74 Å². The van der Waals surface area contributed by atoms with E-state index >= 15 is 0 Å². The smallest absolute Gasteiger partial charge is 0.338 e. The molecule has 2 heterocycles. The van der Waals surface area contributed by atoms with Crippen molar-refractivity contribution in [2.45, 2.75) is 69.6 Å². The van der Waals surface area contributed by atoms with Gasteiger partial charge in [0.25, 0.3) is 5.91 Å². The average Bonchev–Trinajstić information content (AvgIpc) is 3.29. The fourth-order valence-electron chi connectivity index (χ4n) is 4.98. The van der Waals surface area contributed by atoms with Gasteiger partial charge < -0.3 is 19.9 Å². The summed E-state index contributed by atoms with van der Waals surface area (Å²) in [6.45, 7) is 2.34. The van der Waals surface area contributed by atoms with Crippen LogP contribution in [0.5, 0.6) is 0 Å². The number of hydrogen-bond acceptors (Lipinski definition) is 6. The molecule has 164 valence electrons. The SMILES string of the molecule is C[C@H](OC(=O)c1ccc2c(c1)NC(=O)[C@@H]1CCCN21)C(=O)N(C)C1(C#N)CCCCC1. The number of hydrogen-bond donors (Lipinski definition) is 1. The summed E-state index contributed by atoms with van der Waals surface area (Å²) in [5, 5.41) is 12.6. The first kappa shape index (κ1) is 21.2. The fourth-order valence-corrected chi connectivity index (χ4v) is 4.98. The third-order valence-corrected chi connectivity index (χ3v) is 6.85. The second kappa shape index (κ2) is 8.22. The molecule has 1 saturated heterocycles. The van der Waals surface area contributed by atoms with E-state index in [0.717, 1.165) is 44.3 Å². The van der Waals surface area contributed by atoms with Crippen LogP contribution in [0.1, 0.15) is 62.2 Å². The van der Waals surface area contributed by atoms with Crippen LogP contribution in [0.2, 0.25) is 0 Å². The first-order valence-corrected chi connectivity index (χ1v) is 11.0. The highest BCUT2D eigenvalue weighted by Crippen LogP contribution is 2.37. The maximum atomic E-state index is 12.9. The molecule has 1 aromatic rings. The minimum Gasteiger partial charge on any atom is -0.449 e. The normalized spacial score (nSPS) is 22.4. The number of benzene rings is 1. The van der Waals surface area contributed by atoms with Crippen molar-refractivity contribution >= 4 is 29.2 Å². The zero-order valence-electron chi connectivity index (χ0n) is 18.0. The van der Waals surface area contributed by atoms with Crippen molar-refractivity contribution < 1.29 is 19.1 Å². The lowest BCUT2D eigenvalue weighted by Gasteiger charge is -2.39. The molecule has 2 fully saturated rings. The van der Waals surface area contributed by atoms with E-state index in [2.05, 4.69) is 16.3 Å². The van der Waals surface area contributed by atoms with E-state index in [1.165, 1.54) is 11.8 Å². The predicted molar refractivity (Wildman–Crippen MR) is 115 cm³/mol. The third kappa shape index (κ3) is 3.73. The van der Waals surface area contributed by atoms with Crippen LogP contribution in [-0.2, 0) is 14.3 Å². The Morgan fingerprint density at radius 2 is 2.03 bits per heavy atom. The first-order chi connectivity index (χ1) is 14.9. The van der Waals surface area contributed by atoms with Gasteiger partial charge in [0.05, 0.1) is 23.0 Å². The lowest BCUT2D eigenvalue weighted by molar-refractivity contribution is -0.143. The van der Waals surface area contributed by atoms with Crippen molar-refractivity contribution in [3.8, 4) is 6.07 Å². The van der Waals surface area contributed by atoms with Crippen LogP contribution >= 0.6 is 0 Å². The number of nitrogens with one attached hydrogen (secondary N) is 1. The molecule has 1 N–H and O–H groups in total. The predicted octanol–water partition coefficient (Wildman–Crippen LogP) is 2.84. The van der Waals surface area contributed by atoms with Gasteiger partial charge in [-0.05, 0) is 50.8 Å². The molecule has 1 aliphatic carbocycles. The van der Waals surface area contributed by atoms with Crippen molar-refractivity contribution in [2.24, 2.45) is 0 Å². The Labute approximate surface area is 182 Å². The lowest BCUT2D eigenvalue weighted by atomic mass is 9.81. The molecule has 1 aromatic carbocycles. The molecule has 0 unspecified atom stereocenters. The van der Waals surface area contributed by atoms with Gasteiger partial charge in [-0.25, -0.2) is 4.79 Å². The van der Waals surface area contributed by atoms with E-state index in [-0.39, 0.29) is 23.4 Å². The van der Waals surface area contributed by atoms with E-state index in [9.17, 15) is 19.6 Å². The number of fused-ring (bicyclic) bond motifs is 3. The highest BCUT2D eigenvalue weighted by Gasteiger charge is 2.41. The van der Waals surface area contributed by atoms with Crippen molar-refractivity contribution in [1.82, 2.24) is 4.90 Å². The molecule has 8 heteroatoms. The molecule has 4 rings (SSSR count). The van der Waals surface area contributed by atoms with Crippen molar-refractivity contribution in [1.29, 1.82) is 5.26 Å². The molecule has 0 bridgehead atoms. The summed E-state index contributed by atoms with van der Waals surface area (Å²) in [6, 6.07) is 7.24. The number of ether oxygens (including phenoxy) is 1. The molecule has 31 heavy (non-hydrogen) atoms. The Bertz CT molecular complexity index is 947. The number of likely N-dealkylation sites (N-methyl/N-ethyl adjacent to an activating group) is 1. The molecule has 2 aliphatic heterocycles. The van der Waals surface area contributed by atoms with E-state index in [1.807, 2.05) is 6.07 Å². The quantitative estimate of drug-likeness (QED) is 0.746. The Kier molecular flexibility index (Phi) is 5.61. The van der Waals surface area contributed by atoms with Crippen LogP contribution in [0.25, 0.3) is 0 Å². The first-order valence-electron chi connectivity index (χ1n) is 11.0. The van der Waals surface area contributed by atoms with Crippen LogP contribution in [-0.4, -0.2) is 54.0 Å². The Balaban J connectivity index is 1.46. The van der Waals surface area contributed by atoms with Gasteiger partial charge in [-0.15, -0.1) is 0 Å². The number of amides is 2. The topological polar surface area (TPSA) is 103 Å². The third-order valence-electron chi connectivity index (χ3n) is 6.85. The van der Waals surface area contributed by atoms with Crippen molar-refractivity contribution in [3.05, 3.63) is 23.8 Å². The summed E-state index contributed by atoms with van der Waals surface area (Å²) in [4.78, 5) is 41.5. The van der Waals surface area contributed by atoms with Crippen LogP contribution in [0, 0.1) is 11.3 Å². The summed E-state index contributed by atoms with van der Waals surface area (Å²) in [6.07, 6.45) is 4.89. The number of anilines is 2. The Morgan fingerprint density at radius 1 is 1.29 bits per heavy atom. The van der Waals surface area contributed by atoms with Gasteiger partial charge in [0.15, 0.2) is 6.10 Å². The molecule has 8 nitrogen and oxygen atoms in total. The number of esters is 1. The number of carbonyl (C=O) groups excluding carboxylic acids is 3. The van der Waals surface area contributed by atoms with Gasteiger partial charge >= 0.3 is 5.97 Å². The molecular weight excluding hydrogens is 396 g/mol. The maximum absolute atomic E-state index is 12.9. The summed E-state index contributed by atoms with van der Waals surface area (Å²) < 4.78 is 5.44. The lowest BCUT2D eigenvalue weighted by Crippen LogP contribution is -2.53. The van der Waals surface area contributed by atoms with Crippen LogP contribution in [0.4, 0.5) is 11.4 Å². The van der Waals surface area contributed by atoms with Gasteiger partial charge in [-0.2, -0.15) is 5.26 Å². The molecular formula is C23H28N4O4. The molecule has 1 saturated carbocycles. The summed E-state index contributed by atoms with van der Waals surface area (Å²) in [5.74, 6) is -1.08. The van der Waals surface area contributed by atoms with E-state index < -0.39 is 17.6 Å². The van der Waals surface area contributed by atoms with Crippen LogP contribution < -0.4 is 10.2 Å². The molecule has 3 aliphatic rings. The summed E-state index contributed by atoms with van der Waals surface area (Å²) >= 11 is 0. The Hall–Kier alpha value is -3.08. The maximum Gasteiger partial charge on any atom is 0.338 e. The minimum absolute atomic E-state index is 0.0602. The van der Waals surface area contributed by atoms with Gasteiger partial charge in [-0.1, -0.05) is 19.3 Å². The second-order valence-corrected chi connectivity index (χ2v) is 8.72. The summed E-state index contributed by atoms with van der Waals surface area (Å²) in [7, 11) is 1.61. The molecule has 0 spiro atoms. The number of nitriles is 1. The van der Waals surface area contributed by atoms with Gasteiger partial charge in [0.1, 0.15) is 11.6 Å². The van der Waals surface area contributed by atoms with Gasteiger partial charge in [0.2, 0.25) is 5.91 Å². The zero-order chi connectivity index (χ0) is 22.2. The van der Waals surface area contributed by atoms with Crippen molar-refractivity contribution in [2.75, 3.05) is 23.8 Å². The fraction of sp³-hybridized carbons (Fsp3) is 0.565. The van der Waals surface area contributed by atoms with Gasteiger partial charge in [-0.3, -0.25) is 9.59 Å². The highest BCUT2D eigenvalue weighted by atomic mass is 16.5. The van der Waals surface area contributed by atoms with E-state index in [0.29, 0.717) is 18.5 Å². The number of nitrogens with zero attached hydrogens (tertiary/aromatic N) is 3. The number of rotatable bonds is 4. The standard InChI is InChI=1S/C23H28N4O4/c1-15(21(29)26(2)23(14-24)10-4-3-5-11-23)31-22(30)16-8-9-18-17(13-16)25-20(28)19-7-6-12-27(18)19/h8-9,13,15,19H,3-7,10-12H2,1-2H3,(H,25,28)/t15-,19-/m0/s1.